The van der Waals surface area contributed by atoms with Gasteiger partial charge in [0, 0.05) is 37.9 Å². The van der Waals surface area contributed by atoms with E-state index in [-0.39, 0.29) is 6.23 Å². The molecule has 1 aliphatic rings. The van der Waals surface area contributed by atoms with Crippen LogP contribution < -0.4 is 4.72 Å². The normalized spacial score (nSPS) is 17.8. The molecule has 0 saturated heterocycles. The van der Waals surface area contributed by atoms with Gasteiger partial charge in [-0.25, -0.2) is 9.97 Å². The fraction of sp³-hybridized carbons (Fsp3) is 0.529. The molecule has 0 aliphatic carbocycles. The number of aromatic nitrogens is 2. The van der Waals surface area contributed by atoms with Gasteiger partial charge in [-0.3, -0.25) is 4.72 Å². The molecule has 2 rings (SSSR count). The molecule has 1 atom stereocenters. The SMILES string of the molecule is CCCc1cnc(NSCC)nc1C1=CN(C)C(OC)C(C)=C1. The Morgan fingerprint density at radius 3 is 2.78 bits per heavy atom. The molecule has 0 aromatic carbocycles. The lowest BCUT2D eigenvalue weighted by Gasteiger charge is -2.31. The van der Waals surface area contributed by atoms with E-state index in [0.29, 0.717) is 5.95 Å². The molecule has 5 nitrogen and oxygen atoms in total. The average Bonchev–Trinajstić information content (AvgIpc) is 2.53. The van der Waals surface area contributed by atoms with Crippen molar-refractivity contribution in [2.45, 2.75) is 39.8 Å². The highest BCUT2D eigenvalue weighted by molar-refractivity contribution is 8.00. The van der Waals surface area contributed by atoms with Gasteiger partial charge in [0.15, 0.2) is 6.23 Å². The summed E-state index contributed by atoms with van der Waals surface area (Å²) in [5, 5.41) is 0. The van der Waals surface area contributed by atoms with Crippen LogP contribution in [0.5, 0.6) is 0 Å². The zero-order valence-electron chi connectivity index (χ0n) is 14.6. The van der Waals surface area contributed by atoms with Gasteiger partial charge < -0.3 is 9.64 Å². The summed E-state index contributed by atoms with van der Waals surface area (Å²) in [5.41, 5.74) is 4.46. The lowest BCUT2D eigenvalue weighted by Crippen LogP contribution is -2.32. The number of ether oxygens (including phenoxy) is 1. The van der Waals surface area contributed by atoms with Crippen molar-refractivity contribution in [1.29, 1.82) is 0 Å². The lowest BCUT2D eigenvalue weighted by molar-refractivity contribution is 0.0359. The third kappa shape index (κ3) is 4.26. The Balaban J connectivity index is 2.39. The minimum Gasteiger partial charge on any atom is -0.358 e. The van der Waals surface area contributed by atoms with E-state index in [9.17, 15) is 0 Å². The van der Waals surface area contributed by atoms with Crippen molar-refractivity contribution in [2.75, 3.05) is 24.6 Å². The molecule has 0 fully saturated rings. The number of aryl methyl sites for hydroxylation is 1. The Bertz CT molecular complexity index is 600. The van der Waals surface area contributed by atoms with Crippen LogP contribution in [0.1, 0.15) is 38.4 Å². The number of nitrogens with zero attached hydrogens (tertiary/aromatic N) is 3. The van der Waals surface area contributed by atoms with E-state index in [1.165, 1.54) is 11.1 Å². The predicted octanol–water partition coefficient (Wildman–Crippen LogP) is 3.71. The first-order valence-corrected chi connectivity index (χ1v) is 8.98. The van der Waals surface area contributed by atoms with Crippen LogP contribution in [0.4, 0.5) is 5.95 Å². The second-order valence-corrected chi connectivity index (χ2v) is 6.65. The van der Waals surface area contributed by atoms with Gasteiger partial charge in [0.25, 0.3) is 0 Å². The third-order valence-corrected chi connectivity index (χ3v) is 4.29. The number of anilines is 1. The Labute approximate surface area is 143 Å². The summed E-state index contributed by atoms with van der Waals surface area (Å²) < 4.78 is 8.71. The number of methoxy groups -OCH3 is 1. The van der Waals surface area contributed by atoms with Crippen molar-refractivity contribution in [3.05, 3.63) is 35.3 Å². The summed E-state index contributed by atoms with van der Waals surface area (Å²) in [6, 6.07) is 0. The highest BCUT2D eigenvalue weighted by atomic mass is 32.2. The summed E-state index contributed by atoms with van der Waals surface area (Å²) >= 11 is 1.60. The summed E-state index contributed by atoms with van der Waals surface area (Å²) in [5.74, 6) is 1.63. The zero-order valence-corrected chi connectivity index (χ0v) is 15.4. The van der Waals surface area contributed by atoms with Gasteiger partial charge in [0.1, 0.15) is 0 Å². The molecule has 1 N–H and O–H groups in total. The van der Waals surface area contributed by atoms with E-state index in [0.717, 1.165) is 29.9 Å². The second kappa shape index (κ2) is 8.36. The van der Waals surface area contributed by atoms with Crippen LogP contribution in [0.15, 0.2) is 24.0 Å². The first kappa shape index (κ1) is 17.8. The van der Waals surface area contributed by atoms with E-state index in [2.05, 4.69) is 47.7 Å². The molecule has 0 saturated carbocycles. The minimum atomic E-state index is -0.0107. The Kier molecular flexibility index (Phi) is 6.47. The Morgan fingerprint density at radius 1 is 1.39 bits per heavy atom. The van der Waals surface area contributed by atoms with E-state index in [1.807, 2.05) is 13.2 Å². The number of allylic oxidation sites excluding steroid dienone is 2. The maximum atomic E-state index is 5.52. The molecule has 1 aromatic rings. The van der Waals surface area contributed by atoms with Gasteiger partial charge in [-0.1, -0.05) is 32.2 Å². The molecule has 0 spiro atoms. The zero-order chi connectivity index (χ0) is 16.8. The number of hydrogen-bond donors (Lipinski definition) is 1. The van der Waals surface area contributed by atoms with Crippen molar-refractivity contribution in [1.82, 2.24) is 14.9 Å². The molecule has 0 bridgehead atoms. The van der Waals surface area contributed by atoms with Crippen LogP contribution in [-0.2, 0) is 11.2 Å². The monoisotopic (exact) mass is 334 g/mol. The number of hydrogen-bond acceptors (Lipinski definition) is 6. The molecule has 1 aliphatic heterocycles. The van der Waals surface area contributed by atoms with E-state index >= 15 is 0 Å². The molecule has 2 heterocycles. The Morgan fingerprint density at radius 2 is 2.17 bits per heavy atom. The van der Waals surface area contributed by atoms with E-state index < -0.39 is 0 Å². The van der Waals surface area contributed by atoms with Gasteiger partial charge in [-0.2, -0.15) is 0 Å². The van der Waals surface area contributed by atoms with Crippen LogP contribution in [0, 0.1) is 0 Å². The predicted molar refractivity (Wildman–Crippen MR) is 98.1 cm³/mol. The van der Waals surface area contributed by atoms with E-state index in [4.69, 9.17) is 9.72 Å². The molecular formula is C17H26N4OS. The van der Waals surface area contributed by atoms with Crippen LogP contribution in [0.2, 0.25) is 0 Å². The summed E-state index contributed by atoms with van der Waals surface area (Å²) in [7, 11) is 3.76. The highest BCUT2D eigenvalue weighted by Crippen LogP contribution is 2.28. The largest absolute Gasteiger partial charge is 0.358 e. The lowest BCUT2D eigenvalue weighted by atomic mass is 10.00. The topological polar surface area (TPSA) is 50.3 Å². The van der Waals surface area contributed by atoms with Crippen LogP contribution >= 0.6 is 11.9 Å². The summed E-state index contributed by atoms with van der Waals surface area (Å²) in [6.07, 6.45) is 8.23. The van der Waals surface area contributed by atoms with Crippen LogP contribution in [-0.4, -0.2) is 41.0 Å². The van der Waals surface area contributed by atoms with Crippen molar-refractivity contribution in [3.8, 4) is 0 Å². The van der Waals surface area contributed by atoms with Crippen molar-refractivity contribution >= 4 is 23.5 Å². The molecule has 1 unspecified atom stereocenters. The van der Waals surface area contributed by atoms with Gasteiger partial charge in [0.05, 0.1) is 5.69 Å². The maximum absolute atomic E-state index is 5.52. The van der Waals surface area contributed by atoms with Crippen molar-refractivity contribution < 1.29 is 4.74 Å². The van der Waals surface area contributed by atoms with Crippen molar-refractivity contribution in [2.24, 2.45) is 0 Å². The van der Waals surface area contributed by atoms with Gasteiger partial charge in [-0.15, -0.1) is 0 Å². The highest BCUT2D eigenvalue weighted by Gasteiger charge is 2.21. The van der Waals surface area contributed by atoms with Crippen LogP contribution in [0.25, 0.3) is 5.57 Å². The molecule has 0 radical (unpaired) electrons. The minimum absolute atomic E-state index is 0.0107. The van der Waals surface area contributed by atoms with Gasteiger partial charge in [0.2, 0.25) is 5.95 Å². The number of rotatable bonds is 7. The smallest absolute Gasteiger partial charge is 0.233 e. The molecule has 0 amide bonds. The second-order valence-electron chi connectivity index (χ2n) is 5.58. The molecule has 1 aromatic heterocycles. The molecule has 126 valence electrons. The average molecular weight is 334 g/mol. The maximum Gasteiger partial charge on any atom is 0.233 e. The number of nitrogens with one attached hydrogen (secondary N) is 1. The van der Waals surface area contributed by atoms with E-state index in [1.54, 1.807) is 19.1 Å². The molecule has 23 heavy (non-hydrogen) atoms. The first-order chi connectivity index (χ1) is 11.1. The quantitative estimate of drug-likeness (QED) is 0.767. The number of likely N-dealkylation sites (N-methyl/N-ethyl adjacent to an activating group) is 1. The third-order valence-electron chi connectivity index (χ3n) is 3.67. The first-order valence-electron chi connectivity index (χ1n) is 7.99. The van der Waals surface area contributed by atoms with Crippen LogP contribution in [0.3, 0.4) is 0 Å². The fourth-order valence-electron chi connectivity index (χ4n) is 2.74. The Hall–Kier alpha value is -1.53. The summed E-state index contributed by atoms with van der Waals surface area (Å²) in [4.78, 5) is 11.3. The molecule has 6 heteroatoms. The summed E-state index contributed by atoms with van der Waals surface area (Å²) in [6.45, 7) is 6.36. The molecular weight excluding hydrogens is 308 g/mol. The standard InChI is InChI=1S/C17H26N4OS/c1-6-8-13-10-18-17(20-23-7-2)19-15(13)14-9-12(3)16(22-5)21(4)11-14/h9-11,16H,6-8H2,1-5H3,(H,18,19,20). The fourth-order valence-corrected chi connectivity index (χ4v) is 3.11. The van der Waals surface area contributed by atoms with Gasteiger partial charge in [-0.05, 0) is 30.6 Å². The van der Waals surface area contributed by atoms with Gasteiger partial charge >= 0.3 is 0 Å². The van der Waals surface area contributed by atoms with Crippen molar-refractivity contribution in [3.63, 3.8) is 0 Å².